The molecule has 1 N–H and O–H groups in total. The van der Waals surface area contributed by atoms with Crippen LogP contribution in [0.4, 0.5) is 0 Å². The molecule has 0 saturated carbocycles. The zero-order chi connectivity index (χ0) is 13.3. The van der Waals surface area contributed by atoms with Crippen LogP contribution in [0.2, 0.25) is 0 Å². The molecule has 2 aromatic rings. The van der Waals surface area contributed by atoms with Gasteiger partial charge < -0.3 is 5.11 Å². The first-order chi connectivity index (χ1) is 8.41. The van der Waals surface area contributed by atoms with E-state index >= 15 is 0 Å². The Labute approximate surface area is 103 Å². The Hall–Kier alpha value is -2.15. The highest BCUT2D eigenvalue weighted by Crippen LogP contribution is 2.19. The number of carboxylic acid groups (broad SMARTS) is 1. The average molecular weight is 266 g/mol. The van der Waals surface area contributed by atoms with Crippen LogP contribution in [-0.4, -0.2) is 35.5 Å². The van der Waals surface area contributed by atoms with E-state index in [1.165, 1.54) is 0 Å². The van der Waals surface area contributed by atoms with Crippen molar-refractivity contribution in [1.29, 1.82) is 0 Å². The fourth-order valence-electron chi connectivity index (χ4n) is 1.57. The molecule has 0 atom stereocenters. The van der Waals surface area contributed by atoms with Gasteiger partial charge in [-0.2, -0.15) is 5.10 Å². The number of rotatable bonds is 3. The standard InChI is InChI=1S/C11H10N2O4S/c1-18(16,17)9-7-12-13(10(9)11(14)15)8-5-3-2-4-6-8/h2-7H,1H3,(H,14,15). The molecule has 0 aliphatic rings. The minimum Gasteiger partial charge on any atom is -0.476 e. The Kier molecular flexibility index (Phi) is 2.92. The summed E-state index contributed by atoms with van der Waals surface area (Å²) in [6, 6.07) is 8.48. The second-order valence-electron chi connectivity index (χ2n) is 3.68. The summed E-state index contributed by atoms with van der Waals surface area (Å²) in [6.45, 7) is 0. The second-order valence-corrected chi connectivity index (χ2v) is 5.67. The molecular formula is C11H10N2O4S. The van der Waals surface area contributed by atoms with Gasteiger partial charge in [0, 0.05) is 6.26 Å². The van der Waals surface area contributed by atoms with E-state index < -0.39 is 15.8 Å². The Balaban J connectivity index is 2.72. The number of aromatic nitrogens is 2. The summed E-state index contributed by atoms with van der Waals surface area (Å²) in [6.07, 6.45) is 2.00. The first-order valence-corrected chi connectivity index (χ1v) is 6.87. The third-order valence-electron chi connectivity index (χ3n) is 2.34. The topological polar surface area (TPSA) is 89.3 Å². The van der Waals surface area contributed by atoms with Crippen LogP contribution in [0.1, 0.15) is 10.5 Å². The molecule has 0 unspecified atom stereocenters. The van der Waals surface area contributed by atoms with Crippen LogP contribution < -0.4 is 0 Å². The van der Waals surface area contributed by atoms with Gasteiger partial charge in [-0.05, 0) is 12.1 Å². The van der Waals surface area contributed by atoms with Crippen molar-refractivity contribution in [3.05, 3.63) is 42.2 Å². The van der Waals surface area contributed by atoms with E-state index in [0.29, 0.717) is 5.69 Å². The van der Waals surface area contributed by atoms with Gasteiger partial charge in [0.15, 0.2) is 15.5 Å². The lowest BCUT2D eigenvalue weighted by Gasteiger charge is -2.04. The van der Waals surface area contributed by atoms with E-state index in [9.17, 15) is 13.2 Å². The Morgan fingerprint density at radius 3 is 2.39 bits per heavy atom. The van der Waals surface area contributed by atoms with Gasteiger partial charge in [-0.1, -0.05) is 18.2 Å². The number of hydrogen-bond acceptors (Lipinski definition) is 4. The monoisotopic (exact) mass is 266 g/mol. The molecule has 1 aromatic carbocycles. The van der Waals surface area contributed by atoms with Gasteiger partial charge in [0.05, 0.1) is 11.9 Å². The quantitative estimate of drug-likeness (QED) is 0.894. The van der Waals surface area contributed by atoms with Crippen molar-refractivity contribution in [1.82, 2.24) is 9.78 Å². The molecule has 18 heavy (non-hydrogen) atoms. The van der Waals surface area contributed by atoms with Crippen molar-refractivity contribution in [2.45, 2.75) is 4.90 Å². The molecule has 0 bridgehead atoms. The van der Waals surface area contributed by atoms with Crippen molar-refractivity contribution in [3.63, 3.8) is 0 Å². The number of aromatic carboxylic acids is 1. The molecule has 1 heterocycles. The first-order valence-electron chi connectivity index (χ1n) is 4.98. The van der Waals surface area contributed by atoms with Crippen LogP contribution in [0.25, 0.3) is 5.69 Å². The maximum Gasteiger partial charge on any atom is 0.356 e. The summed E-state index contributed by atoms with van der Waals surface area (Å²) >= 11 is 0. The Morgan fingerprint density at radius 1 is 1.28 bits per heavy atom. The van der Waals surface area contributed by atoms with E-state index in [1.54, 1.807) is 30.3 Å². The van der Waals surface area contributed by atoms with Gasteiger partial charge in [0.1, 0.15) is 4.90 Å². The molecule has 1 aromatic heterocycles. The highest BCUT2D eigenvalue weighted by atomic mass is 32.2. The summed E-state index contributed by atoms with van der Waals surface area (Å²) in [4.78, 5) is 10.9. The van der Waals surface area contributed by atoms with Crippen molar-refractivity contribution in [2.24, 2.45) is 0 Å². The number of carboxylic acids is 1. The number of hydrogen-bond donors (Lipinski definition) is 1. The van der Waals surface area contributed by atoms with E-state index in [0.717, 1.165) is 17.1 Å². The van der Waals surface area contributed by atoms with Gasteiger partial charge in [0.2, 0.25) is 0 Å². The molecule has 0 spiro atoms. The van der Waals surface area contributed by atoms with Crippen LogP contribution in [0.5, 0.6) is 0 Å². The maximum absolute atomic E-state index is 11.5. The van der Waals surface area contributed by atoms with E-state index in [1.807, 2.05) is 0 Å². The number of nitrogens with zero attached hydrogens (tertiary/aromatic N) is 2. The number of benzene rings is 1. The molecule has 0 amide bonds. The lowest BCUT2D eigenvalue weighted by atomic mass is 10.3. The number of para-hydroxylation sites is 1. The Bertz CT molecular complexity index is 689. The molecular weight excluding hydrogens is 256 g/mol. The van der Waals surface area contributed by atoms with Gasteiger partial charge in [0.25, 0.3) is 0 Å². The first kappa shape index (κ1) is 12.3. The van der Waals surface area contributed by atoms with Crippen molar-refractivity contribution < 1.29 is 18.3 Å². The molecule has 94 valence electrons. The zero-order valence-corrected chi connectivity index (χ0v) is 10.3. The highest BCUT2D eigenvalue weighted by Gasteiger charge is 2.25. The molecule has 0 aliphatic carbocycles. The highest BCUT2D eigenvalue weighted by molar-refractivity contribution is 7.90. The fraction of sp³-hybridized carbons (Fsp3) is 0.0909. The average Bonchev–Trinajstić information content (AvgIpc) is 2.74. The number of carbonyl (C=O) groups is 1. The van der Waals surface area contributed by atoms with E-state index in [2.05, 4.69) is 5.10 Å². The maximum atomic E-state index is 11.5. The molecule has 0 aliphatic heterocycles. The van der Waals surface area contributed by atoms with Crippen molar-refractivity contribution in [2.75, 3.05) is 6.26 Å². The lowest BCUT2D eigenvalue weighted by Crippen LogP contribution is -2.12. The van der Waals surface area contributed by atoms with Crippen LogP contribution in [0.3, 0.4) is 0 Å². The minimum atomic E-state index is -3.63. The predicted octanol–water partition coefficient (Wildman–Crippen LogP) is 0.974. The minimum absolute atomic E-state index is 0.293. The summed E-state index contributed by atoms with van der Waals surface area (Å²) in [7, 11) is -3.63. The van der Waals surface area contributed by atoms with Crippen molar-refractivity contribution in [3.8, 4) is 5.69 Å². The summed E-state index contributed by atoms with van der Waals surface area (Å²) in [5, 5.41) is 13.0. The summed E-state index contributed by atoms with van der Waals surface area (Å²) < 4.78 is 24.1. The molecule has 2 rings (SSSR count). The molecule has 0 radical (unpaired) electrons. The van der Waals surface area contributed by atoms with Gasteiger partial charge in [-0.15, -0.1) is 0 Å². The number of sulfone groups is 1. The van der Waals surface area contributed by atoms with E-state index in [-0.39, 0.29) is 10.6 Å². The molecule has 0 fully saturated rings. The normalized spacial score (nSPS) is 11.4. The van der Waals surface area contributed by atoms with Crippen LogP contribution in [-0.2, 0) is 9.84 Å². The zero-order valence-electron chi connectivity index (χ0n) is 9.44. The fourth-order valence-corrected chi connectivity index (χ4v) is 2.33. The summed E-state index contributed by atoms with van der Waals surface area (Å²) in [5.74, 6) is -1.34. The third-order valence-corrected chi connectivity index (χ3v) is 3.44. The van der Waals surface area contributed by atoms with Gasteiger partial charge in [-0.25, -0.2) is 17.9 Å². The Morgan fingerprint density at radius 2 is 1.89 bits per heavy atom. The van der Waals surface area contributed by atoms with Crippen LogP contribution in [0, 0.1) is 0 Å². The van der Waals surface area contributed by atoms with Crippen LogP contribution >= 0.6 is 0 Å². The second kappa shape index (κ2) is 4.26. The largest absolute Gasteiger partial charge is 0.476 e. The SMILES string of the molecule is CS(=O)(=O)c1cnn(-c2ccccc2)c1C(=O)O. The molecule has 0 saturated heterocycles. The van der Waals surface area contributed by atoms with E-state index in [4.69, 9.17) is 5.11 Å². The third kappa shape index (κ3) is 2.12. The van der Waals surface area contributed by atoms with Crippen molar-refractivity contribution >= 4 is 15.8 Å². The van der Waals surface area contributed by atoms with Gasteiger partial charge >= 0.3 is 5.97 Å². The predicted molar refractivity (Wildman–Crippen MR) is 63.6 cm³/mol. The molecule has 6 nitrogen and oxygen atoms in total. The lowest BCUT2D eigenvalue weighted by molar-refractivity contribution is 0.0682. The van der Waals surface area contributed by atoms with Gasteiger partial charge in [-0.3, -0.25) is 0 Å². The summed E-state index contributed by atoms with van der Waals surface area (Å²) in [5.41, 5.74) is 0.133. The van der Waals surface area contributed by atoms with Crippen LogP contribution in [0.15, 0.2) is 41.4 Å². The molecule has 7 heteroatoms. The smallest absolute Gasteiger partial charge is 0.356 e.